The summed E-state index contributed by atoms with van der Waals surface area (Å²) in [5.74, 6) is 0.646. The average Bonchev–Trinajstić information content (AvgIpc) is 3.37. The molecule has 2 heterocycles. The van der Waals surface area contributed by atoms with Crippen molar-refractivity contribution in [2.45, 2.75) is 38.3 Å². The van der Waals surface area contributed by atoms with Crippen LogP contribution >= 0.6 is 0 Å². The lowest BCUT2D eigenvalue weighted by Gasteiger charge is -2.39. The SMILES string of the molecule is O=C(c1ccc(Cn2c(=O)[nH]c3ccccc3c2=O)cc1)N1CCNCC1C1CCCC1. The summed E-state index contributed by atoms with van der Waals surface area (Å²) < 4.78 is 1.20. The van der Waals surface area contributed by atoms with E-state index >= 15 is 0 Å². The van der Waals surface area contributed by atoms with Gasteiger partial charge in [0.05, 0.1) is 17.4 Å². The van der Waals surface area contributed by atoms with Crippen LogP contribution in [-0.2, 0) is 6.54 Å². The van der Waals surface area contributed by atoms with Crippen molar-refractivity contribution in [1.29, 1.82) is 0 Å². The molecule has 32 heavy (non-hydrogen) atoms. The fourth-order valence-electron chi connectivity index (χ4n) is 5.18. The summed E-state index contributed by atoms with van der Waals surface area (Å²) in [4.78, 5) is 43.3. The van der Waals surface area contributed by atoms with Crippen molar-refractivity contribution in [2.24, 2.45) is 5.92 Å². The number of piperazine rings is 1. The number of amides is 1. The molecule has 5 rings (SSSR count). The molecule has 7 heteroatoms. The van der Waals surface area contributed by atoms with Crippen molar-refractivity contribution in [3.63, 3.8) is 0 Å². The van der Waals surface area contributed by atoms with Gasteiger partial charge in [-0.15, -0.1) is 0 Å². The molecule has 1 saturated carbocycles. The molecular weight excluding hydrogens is 404 g/mol. The van der Waals surface area contributed by atoms with Crippen molar-refractivity contribution >= 4 is 16.8 Å². The van der Waals surface area contributed by atoms with E-state index in [4.69, 9.17) is 0 Å². The molecule has 2 aliphatic rings. The fraction of sp³-hybridized carbons (Fsp3) is 0.400. The molecule has 1 aliphatic carbocycles. The molecule has 1 amide bonds. The number of hydrogen-bond acceptors (Lipinski definition) is 4. The second-order valence-corrected chi connectivity index (χ2v) is 8.88. The molecule has 166 valence electrons. The van der Waals surface area contributed by atoms with Crippen LogP contribution < -0.4 is 16.6 Å². The lowest BCUT2D eigenvalue weighted by atomic mass is 9.94. The zero-order valence-electron chi connectivity index (χ0n) is 18.0. The highest BCUT2D eigenvalue weighted by molar-refractivity contribution is 5.94. The van der Waals surface area contributed by atoms with Gasteiger partial charge in [0.1, 0.15) is 0 Å². The van der Waals surface area contributed by atoms with Gasteiger partial charge in [-0.2, -0.15) is 0 Å². The normalized spacial score (nSPS) is 19.5. The third-order valence-electron chi connectivity index (χ3n) is 6.92. The maximum absolute atomic E-state index is 13.3. The molecule has 1 unspecified atom stereocenters. The predicted octanol–water partition coefficient (Wildman–Crippen LogP) is 2.34. The number of rotatable bonds is 4. The molecule has 1 aromatic heterocycles. The molecular formula is C25H28N4O3. The number of nitrogens with zero attached hydrogens (tertiary/aromatic N) is 2. The first-order valence-corrected chi connectivity index (χ1v) is 11.4. The van der Waals surface area contributed by atoms with E-state index in [1.54, 1.807) is 24.3 Å². The largest absolute Gasteiger partial charge is 0.333 e. The molecule has 1 saturated heterocycles. The first kappa shape index (κ1) is 20.7. The van der Waals surface area contributed by atoms with E-state index in [0.29, 0.717) is 22.4 Å². The van der Waals surface area contributed by atoms with Gasteiger partial charge >= 0.3 is 5.69 Å². The number of fused-ring (bicyclic) bond motifs is 1. The molecule has 0 radical (unpaired) electrons. The van der Waals surface area contributed by atoms with Gasteiger partial charge in [0.2, 0.25) is 0 Å². The van der Waals surface area contributed by atoms with Crippen molar-refractivity contribution in [3.8, 4) is 0 Å². The molecule has 0 spiro atoms. The molecule has 3 aromatic rings. The monoisotopic (exact) mass is 432 g/mol. The number of aromatic nitrogens is 2. The first-order valence-electron chi connectivity index (χ1n) is 11.4. The minimum absolute atomic E-state index is 0.0654. The van der Waals surface area contributed by atoms with Gasteiger partial charge in [-0.05, 0) is 48.6 Å². The van der Waals surface area contributed by atoms with Gasteiger partial charge in [0.25, 0.3) is 11.5 Å². The zero-order chi connectivity index (χ0) is 22.1. The van der Waals surface area contributed by atoms with Gasteiger partial charge in [-0.25, -0.2) is 4.79 Å². The highest BCUT2D eigenvalue weighted by atomic mass is 16.2. The second-order valence-electron chi connectivity index (χ2n) is 8.88. The van der Waals surface area contributed by atoms with Crippen LogP contribution in [0.5, 0.6) is 0 Å². The number of para-hydroxylation sites is 1. The van der Waals surface area contributed by atoms with Gasteiger partial charge in [0, 0.05) is 31.2 Å². The van der Waals surface area contributed by atoms with Crippen LogP contribution in [0.1, 0.15) is 41.6 Å². The van der Waals surface area contributed by atoms with E-state index < -0.39 is 5.69 Å². The fourth-order valence-corrected chi connectivity index (χ4v) is 5.18. The van der Waals surface area contributed by atoms with E-state index in [2.05, 4.69) is 10.3 Å². The van der Waals surface area contributed by atoms with E-state index in [0.717, 1.165) is 25.2 Å². The molecule has 1 atom stereocenters. The number of aromatic amines is 1. The van der Waals surface area contributed by atoms with Crippen molar-refractivity contribution in [1.82, 2.24) is 19.8 Å². The van der Waals surface area contributed by atoms with Crippen LogP contribution in [0.3, 0.4) is 0 Å². The maximum Gasteiger partial charge on any atom is 0.329 e. The van der Waals surface area contributed by atoms with E-state index in [1.165, 1.54) is 30.3 Å². The Morgan fingerprint density at radius 3 is 2.53 bits per heavy atom. The van der Waals surface area contributed by atoms with Crippen LogP contribution in [0, 0.1) is 5.92 Å². The first-order chi connectivity index (χ1) is 15.6. The Kier molecular flexibility index (Phi) is 5.66. The molecule has 0 bridgehead atoms. The highest BCUT2D eigenvalue weighted by Crippen LogP contribution is 2.31. The summed E-state index contributed by atoms with van der Waals surface area (Å²) in [7, 11) is 0. The lowest BCUT2D eigenvalue weighted by molar-refractivity contribution is 0.0551. The minimum atomic E-state index is -0.436. The molecule has 2 aromatic carbocycles. The molecule has 7 nitrogen and oxygen atoms in total. The topological polar surface area (TPSA) is 87.2 Å². The average molecular weight is 433 g/mol. The van der Waals surface area contributed by atoms with Crippen LogP contribution in [0.25, 0.3) is 10.9 Å². The Hall–Kier alpha value is -3.19. The van der Waals surface area contributed by atoms with Gasteiger partial charge < -0.3 is 15.2 Å². The summed E-state index contributed by atoms with van der Waals surface area (Å²) >= 11 is 0. The lowest BCUT2D eigenvalue weighted by Crippen LogP contribution is -2.56. The van der Waals surface area contributed by atoms with Gasteiger partial charge in [0.15, 0.2) is 0 Å². The summed E-state index contributed by atoms with van der Waals surface area (Å²) in [6, 6.07) is 14.5. The Labute approximate surface area is 186 Å². The van der Waals surface area contributed by atoms with Crippen molar-refractivity contribution in [3.05, 3.63) is 80.5 Å². The van der Waals surface area contributed by atoms with Crippen LogP contribution in [-0.4, -0.2) is 46.0 Å². The van der Waals surface area contributed by atoms with Crippen LogP contribution in [0.2, 0.25) is 0 Å². The maximum atomic E-state index is 13.3. The molecule has 1 aliphatic heterocycles. The van der Waals surface area contributed by atoms with Crippen molar-refractivity contribution in [2.75, 3.05) is 19.6 Å². The number of nitrogens with one attached hydrogen (secondary N) is 2. The number of carbonyl (C=O) groups is 1. The zero-order valence-corrected chi connectivity index (χ0v) is 18.0. The van der Waals surface area contributed by atoms with Gasteiger partial charge in [-0.1, -0.05) is 37.1 Å². The molecule has 2 fully saturated rings. The van der Waals surface area contributed by atoms with E-state index in [-0.39, 0.29) is 24.1 Å². The van der Waals surface area contributed by atoms with Crippen LogP contribution in [0.15, 0.2) is 58.1 Å². The van der Waals surface area contributed by atoms with E-state index in [1.807, 2.05) is 29.2 Å². The third-order valence-corrected chi connectivity index (χ3v) is 6.92. The third kappa shape index (κ3) is 3.88. The Bertz CT molecular complexity index is 1240. The van der Waals surface area contributed by atoms with Crippen LogP contribution in [0.4, 0.5) is 0 Å². The highest BCUT2D eigenvalue weighted by Gasteiger charge is 2.34. The summed E-state index contributed by atoms with van der Waals surface area (Å²) in [6.07, 6.45) is 4.91. The Morgan fingerprint density at radius 2 is 1.75 bits per heavy atom. The smallest absolute Gasteiger partial charge is 0.329 e. The summed E-state index contributed by atoms with van der Waals surface area (Å²) in [5.41, 5.74) is 1.24. The van der Waals surface area contributed by atoms with Gasteiger partial charge in [-0.3, -0.25) is 14.2 Å². The summed E-state index contributed by atoms with van der Waals surface area (Å²) in [5, 5.41) is 3.93. The number of H-pyrrole nitrogens is 1. The minimum Gasteiger partial charge on any atom is -0.333 e. The standard InChI is InChI=1S/C25H28N4O3/c30-23(28-14-13-26-15-22(28)18-5-1-2-6-18)19-11-9-17(10-12-19)16-29-24(31)20-7-3-4-8-21(20)27-25(29)32/h3-4,7-12,18,22,26H,1-2,5-6,13-16H2,(H,27,32). The molecule has 2 N–H and O–H groups in total. The number of benzene rings is 2. The Morgan fingerprint density at radius 1 is 1.00 bits per heavy atom. The Balaban J connectivity index is 1.36. The number of carbonyl (C=O) groups excluding carboxylic acids is 1. The van der Waals surface area contributed by atoms with E-state index in [9.17, 15) is 14.4 Å². The van der Waals surface area contributed by atoms with Crippen molar-refractivity contribution < 1.29 is 4.79 Å². The summed E-state index contributed by atoms with van der Waals surface area (Å²) in [6.45, 7) is 2.57. The quantitative estimate of drug-likeness (QED) is 0.663. The second kappa shape index (κ2) is 8.74. The predicted molar refractivity (Wildman–Crippen MR) is 124 cm³/mol. The number of hydrogen-bond donors (Lipinski definition) is 2.